The van der Waals surface area contributed by atoms with Gasteiger partial charge in [-0.1, -0.05) is 0 Å². The lowest BCUT2D eigenvalue weighted by atomic mass is 10.0. The third kappa shape index (κ3) is 6.31. The fraction of sp³-hybridized carbons (Fsp3) is 0.545. The lowest BCUT2D eigenvalue weighted by molar-refractivity contribution is -0.159. The highest BCUT2D eigenvalue weighted by atomic mass is 16.5. The molecule has 2 fully saturated rings. The highest BCUT2D eigenvalue weighted by Crippen LogP contribution is 2.23. The van der Waals surface area contributed by atoms with Gasteiger partial charge in [0.2, 0.25) is 17.7 Å². The van der Waals surface area contributed by atoms with E-state index in [0.29, 0.717) is 19.6 Å². The molecule has 3 atom stereocenters. The number of carboxylic acid groups (broad SMARTS) is 1. The standard InChI is InChI=1S/C22H30N6O7/c1-35-20(32)11-16-22(34)26(13-19(30)31)8-9-28(16)21(33)15(23)10-18(29)27-7-6-25-12-17(27)14-2-4-24-5-3-14/h2-5,15-17,25H,6-13,23H2,1H3,(H,30,31)/t15-,16+,17?/m0/s1. The van der Waals surface area contributed by atoms with Crippen molar-refractivity contribution in [2.24, 2.45) is 5.73 Å². The number of ether oxygens (including phenoxy) is 1. The zero-order valence-electron chi connectivity index (χ0n) is 19.5. The number of carboxylic acids is 1. The van der Waals surface area contributed by atoms with Gasteiger partial charge < -0.3 is 35.6 Å². The Labute approximate surface area is 202 Å². The van der Waals surface area contributed by atoms with Crippen LogP contribution in [0, 0.1) is 0 Å². The number of rotatable bonds is 8. The van der Waals surface area contributed by atoms with Crippen molar-refractivity contribution in [1.82, 2.24) is 25.0 Å². The van der Waals surface area contributed by atoms with Crippen LogP contribution in [0.3, 0.4) is 0 Å². The van der Waals surface area contributed by atoms with Crippen molar-refractivity contribution >= 4 is 29.7 Å². The Balaban J connectivity index is 1.71. The van der Waals surface area contributed by atoms with Crippen LogP contribution in [0.4, 0.5) is 0 Å². The first-order chi connectivity index (χ1) is 16.7. The normalized spacial score (nSPS) is 21.4. The molecule has 0 saturated carbocycles. The summed E-state index contributed by atoms with van der Waals surface area (Å²) in [5.74, 6) is -3.60. The van der Waals surface area contributed by atoms with Crippen molar-refractivity contribution in [3.8, 4) is 0 Å². The van der Waals surface area contributed by atoms with Crippen molar-refractivity contribution < 1.29 is 33.8 Å². The van der Waals surface area contributed by atoms with Crippen molar-refractivity contribution in [3.05, 3.63) is 30.1 Å². The Kier molecular flexibility index (Phi) is 8.71. The number of hydrogen-bond donors (Lipinski definition) is 3. The van der Waals surface area contributed by atoms with Gasteiger partial charge in [-0.05, 0) is 17.7 Å². The average molecular weight is 491 g/mol. The quantitative estimate of drug-likeness (QED) is 0.344. The first-order valence-corrected chi connectivity index (χ1v) is 11.3. The van der Waals surface area contributed by atoms with Crippen LogP contribution in [0.25, 0.3) is 0 Å². The van der Waals surface area contributed by atoms with E-state index in [1.807, 2.05) is 12.1 Å². The summed E-state index contributed by atoms with van der Waals surface area (Å²) in [7, 11) is 1.15. The molecule has 0 spiro atoms. The highest BCUT2D eigenvalue weighted by molar-refractivity contribution is 5.96. The molecule has 0 radical (unpaired) electrons. The summed E-state index contributed by atoms with van der Waals surface area (Å²) in [5.41, 5.74) is 7.03. The topological polar surface area (TPSA) is 175 Å². The SMILES string of the molecule is COC(=O)C[C@@H]1C(=O)N(CC(=O)O)CCN1C(=O)[C@@H](N)CC(=O)N1CCNCC1c1ccncc1. The lowest BCUT2D eigenvalue weighted by Crippen LogP contribution is -2.62. The average Bonchev–Trinajstić information content (AvgIpc) is 2.86. The number of carbonyl (C=O) groups is 5. The van der Waals surface area contributed by atoms with Crippen molar-refractivity contribution in [1.29, 1.82) is 0 Å². The van der Waals surface area contributed by atoms with E-state index < -0.39 is 48.8 Å². The number of aliphatic carboxylic acids is 1. The number of pyridine rings is 1. The minimum absolute atomic E-state index is 0.0192. The number of nitrogens with zero attached hydrogens (tertiary/aromatic N) is 4. The Morgan fingerprint density at radius 2 is 1.91 bits per heavy atom. The molecule has 1 unspecified atom stereocenters. The number of amides is 3. The van der Waals surface area contributed by atoms with Crippen LogP contribution >= 0.6 is 0 Å². The van der Waals surface area contributed by atoms with E-state index in [-0.39, 0.29) is 31.5 Å². The van der Waals surface area contributed by atoms with Gasteiger partial charge in [-0.3, -0.25) is 29.0 Å². The molecule has 13 nitrogen and oxygen atoms in total. The fourth-order valence-corrected chi connectivity index (χ4v) is 4.35. The van der Waals surface area contributed by atoms with Crippen LogP contribution in [0.1, 0.15) is 24.4 Å². The maximum atomic E-state index is 13.2. The van der Waals surface area contributed by atoms with Crippen LogP contribution in [0.5, 0.6) is 0 Å². The second-order valence-corrected chi connectivity index (χ2v) is 8.38. The highest BCUT2D eigenvalue weighted by Gasteiger charge is 2.41. The Morgan fingerprint density at radius 1 is 1.20 bits per heavy atom. The molecule has 4 N–H and O–H groups in total. The maximum absolute atomic E-state index is 13.2. The number of methoxy groups -OCH3 is 1. The molecule has 3 amide bonds. The molecular formula is C22H30N6O7. The van der Waals surface area contributed by atoms with Crippen LogP contribution in [0.2, 0.25) is 0 Å². The molecule has 3 heterocycles. The summed E-state index contributed by atoms with van der Waals surface area (Å²) in [6.07, 6.45) is 2.56. The molecule has 1 aromatic rings. The second kappa shape index (κ2) is 11.7. The third-order valence-corrected chi connectivity index (χ3v) is 6.15. The fourth-order valence-electron chi connectivity index (χ4n) is 4.35. The number of aromatic nitrogens is 1. The third-order valence-electron chi connectivity index (χ3n) is 6.15. The summed E-state index contributed by atoms with van der Waals surface area (Å²) in [4.78, 5) is 70.1. The number of carbonyl (C=O) groups excluding carboxylic acids is 4. The summed E-state index contributed by atoms with van der Waals surface area (Å²) >= 11 is 0. The lowest BCUT2D eigenvalue weighted by Gasteiger charge is -2.41. The molecule has 2 saturated heterocycles. The van der Waals surface area contributed by atoms with E-state index in [9.17, 15) is 24.0 Å². The number of piperazine rings is 2. The minimum Gasteiger partial charge on any atom is -0.480 e. The molecule has 190 valence electrons. The van der Waals surface area contributed by atoms with Gasteiger partial charge in [-0.15, -0.1) is 0 Å². The minimum atomic E-state index is -1.26. The number of nitrogens with one attached hydrogen (secondary N) is 1. The predicted octanol–water partition coefficient (Wildman–Crippen LogP) is -2.04. The molecule has 3 rings (SSSR count). The molecule has 0 bridgehead atoms. The second-order valence-electron chi connectivity index (χ2n) is 8.38. The van der Waals surface area contributed by atoms with E-state index in [4.69, 9.17) is 10.8 Å². The monoisotopic (exact) mass is 490 g/mol. The molecule has 0 aliphatic carbocycles. The van der Waals surface area contributed by atoms with Gasteiger partial charge >= 0.3 is 11.9 Å². The van der Waals surface area contributed by atoms with E-state index >= 15 is 0 Å². The van der Waals surface area contributed by atoms with Gasteiger partial charge in [-0.2, -0.15) is 0 Å². The van der Waals surface area contributed by atoms with Crippen molar-refractivity contribution in [2.45, 2.75) is 31.0 Å². The van der Waals surface area contributed by atoms with E-state index in [1.54, 1.807) is 17.3 Å². The van der Waals surface area contributed by atoms with Crippen molar-refractivity contribution in [3.63, 3.8) is 0 Å². The van der Waals surface area contributed by atoms with Gasteiger partial charge in [0.1, 0.15) is 12.6 Å². The zero-order chi connectivity index (χ0) is 25.5. The Bertz CT molecular complexity index is 959. The molecule has 13 heteroatoms. The molecule has 1 aromatic heterocycles. The van der Waals surface area contributed by atoms with E-state index in [2.05, 4.69) is 15.0 Å². The smallest absolute Gasteiger partial charge is 0.323 e. The van der Waals surface area contributed by atoms with Gasteiger partial charge in [0.25, 0.3) is 0 Å². The molecule has 0 aromatic carbocycles. The van der Waals surface area contributed by atoms with Crippen molar-refractivity contribution in [2.75, 3.05) is 46.4 Å². The molecule has 2 aliphatic heterocycles. The van der Waals surface area contributed by atoms with E-state index in [1.165, 1.54) is 0 Å². The summed E-state index contributed by atoms with van der Waals surface area (Å²) in [5, 5.41) is 12.3. The van der Waals surface area contributed by atoms with E-state index in [0.717, 1.165) is 22.5 Å². The van der Waals surface area contributed by atoms with Gasteiger partial charge in [0.05, 0.1) is 32.0 Å². The number of esters is 1. The first kappa shape index (κ1) is 26.0. The maximum Gasteiger partial charge on any atom is 0.323 e. The largest absolute Gasteiger partial charge is 0.480 e. The number of hydrogen-bond acceptors (Lipinski definition) is 9. The zero-order valence-corrected chi connectivity index (χ0v) is 19.5. The molecule has 35 heavy (non-hydrogen) atoms. The summed E-state index contributed by atoms with van der Waals surface area (Å²) in [6.45, 7) is 0.968. The van der Waals surface area contributed by atoms with Gasteiger partial charge in [0.15, 0.2) is 0 Å². The summed E-state index contributed by atoms with van der Waals surface area (Å²) < 4.78 is 4.64. The van der Waals surface area contributed by atoms with Crippen LogP contribution in [0.15, 0.2) is 24.5 Å². The Hall–Kier alpha value is -3.58. The molecular weight excluding hydrogens is 460 g/mol. The van der Waals surface area contributed by atoms with Gasteiger partial charge in [0, 0.05) is 45.1 Å². The Morgan fingerprint density at radius 3 is 2.57 bits per heavy atom. The van der Waals surface area contributed by atoms with Gasteiger partial charge in [-0.25, -0.2) is 0 Å². The summed E-state index contributed by atoms with van der Waals surface area (Å²) in [6, 6.07) is 0.905. The predicted molar refractivity (Wildman–Crippen MR) is 121 cm³/mol. The molecule has 2 aliphatic rings. The van der Waals surface area contributed by atoms with Crippen LogP contribution in [-0.4, -0.2) is 113 Å². The van der Waals surface area contributed by atoms with Crippen LogP contribution in [-0.2, 0) is 28.7 Å². The first-order valence-electron chi connectivity index (χ1n) is 11.3. The van der Waals surface area contributed by atoms with Crippen LogP contribution < -0.4 is 11.1 Å². The number of nitrogens with two attached hydrogens (primary N) is 1.